The zero-order valence-corrected chi connectivity index (χ0v) is 16.4. The standard InChI is InChI=1S/C22H29N3O2/c1-23-22(24-14-12-18-6-4-5-7-21(18)27-3)25-15-13-19(16-25)17-8-10-20(26-2)11-9-17/h4-11,19H,12-16H2,1-3H3,(H,23,24). The van der Waals surface area contributed by atoms with E-state index < -0.39 is 0 Å². The predicted octanol–water partition coefficient (Wildman–Crippen LogP) is 3.31. The molecule has 0 radical (unpaired) electrons. The van der Waals surface area contributed by atoms with Crippen LogP contribution in [-0.4, -0.2) is 51.8 Å². The number of nitrogens with one attached hydrogen (secondary N) is 1. The van der Waals surface area contributed by atoms with Gasteiger partial charge in [-0.05, 0) is 42.2 Å². The van der Waals surface area contributed by atoms with E-state index in [4.69, 9.17) is 9.47 Å². The number of hydrogen-bond donors (Lipinski definition) is 1. The van der Waals surface area contributed by atoms with E-state index in [2.05, 4.69) is 33.4 Å². The van der Waals surface area contributed by atoms with Crippen LogP contribution in [0.4, 0.5) is 0 Å². The van der Waals surface area contributed by atoms with Crippen molar-refractivity contribution >= 4 is 5.96 Å². The highest BCUT2D eigenvalue weighted by Crippen LogP contribution is 2.28. The number of rotatable bonds is 6. The second-order valence-corrected chi connectivity index (χ2v) is 6.74. The number of ether oxygens (including phenoxy) is 2. The van der Waals surface area contributed by atoms with Gasteiger partial charge in [-0.25, -0.2) is 0 Å². The van der Waals surface area contributed by atoms with Gasteiger partial charge in [0.2, 0.25) is 0 Å². The normalized spacial score (nSPS) is 17.1. The first-order valence-corrected chi connectivity index (χ1v) is 9.46. The second kappa shape index (κ2) is 9.31. The Morgan fingerprint density at radius 1 is 1.11 bits per heavy atom. The van der Waals surface area contributed by atoms with E-state index in [-0.39, 0.29) is 0 Å². The number of guanidine groups is 1. The summed E-state index contributed by atoms with van der Waals surface area (Å²) in [6, 6.07) is 16.6. The zero-order chi connectivity index (χ0) is 19.1. The predicted molar refractivity (Wildman–Crippen MR) is 110 cm³/mol. The first-order valence-electron chi connectivity index (χ1n) is 9.46. The average molecular weight is 367 g/mol. The maximum absolute atomic E-state index is 5.43. The third kappa shape index (κ3) is 4.73. The minimum Gasteiger partial charge on any atom is -0.497 e. The Bertz CT molecular complexity index is 758. The van der Waals surface area contributed by atoms with E-state index in [0.717, 1.165) is 49.9 Å². The van der Waals surface area contributed by atoms with Gasteiger partial charge in [-0.15, -0.1) is 0 Å². The van der Waals surface area contributed by atoms with Gasteiger partial charge in [-0.3, -0.25) is 4.99 Å². The van der Waals surface area contributed by atoms with Crippen molar-refractivity contribution in [2.45, 2.75) is 18.8 Å². The average Bonchev–Trinajstić information content (AvgIpc) is 3.21. The van der Waals surface area contributed by atoms with E-state index in [1.807, 2.05) is 37.4 Å². The molecule has 144 valence electrons. The summed E-state index contributed by atoms with van der Waals surface area (Å²) in [6.45, 7) is 2.84. The molecule has 1 atom stereocenters. The van der Waals surface area contributed by atoms with Crippen LogP contribution in [0.1, 0.15) is 23.5 Å². The number of aliphatic imine (C=N–C) groups is 1. The van der Waals surface area contributed by atoms with Gasteiger partial charge < -0.3 is 19.7 Å². The summed E-state index contributed by atoms with van der Waals surface area (Å²) in [6.07, 6.45) is 2.04. The minimum absolute atomic E-state index is 0.531. The number of methoxy groups -OCH3 is 2. The first-order chi connectivity index (χ1) is 13.2. The Labute approximate surface area is 162 Å². The fourth-order valence-corrected chi connectivity index (χ4v) is 3.65. The van der Waals surface area contributed by atoms with Crippen molar-refractivity contribution in [2.24, 2.45) is 4.99 Å². The third-order valence-electron chi connectivity index (χ3n) is 5.16. The smallest absolute Gasteiger partial charge is 0.193 e. The Balaban J connectivity index is 1.53. The molecular formula is C22H29N3O2. The summed E-state index contributed by atoms with van der Waals surface area (Å²) < 4.78 is 10.7. The monoisotopic (exact) mass is 367 g/mol. The summed E-state index contributed by atoms with van der Waals surface area (Å²) >= 11 is 0. The summed E-state index contributed by atoms with van der Waals surface area (Å²) in [4.78, 5) is 6.82. The fourth-order valence-electron chi connectivity index (χ4n) is 3.65. The van der Waals surface area contributed by atoms with Crippen LogP contribution in [0, 0.1) is 0 Å². The van der Waals surface area contributed by atoms with Crippen molar-refractivity contribution in [1.82, 2.24) is 10.2 Å². The van der Waals surface area contributed by atoms with Crippen molar-refractivity contribution in [2.75, 3.05) is 40.9 Å². The minimum atomic E-state index is 0.531. The summed E-state index contributed by atoms with van der Waals surface area (Å²) in [5.41, 5.74) is 2.57. The molecule has 1 aliphatic heterocycles. The molecule has 2 aromatic carbocycles. The topological polar surface area (TPSA) is 46.1 Å². The molecule has 1 unspecified atom stereocenters. The molecule has 2 aromatic rings. The summed E-state index contributed by atoms with van der Waals surface area (Å²) in [7, 11) is 5.27. The Morgan fingerprint density at radius 2 is 1.89 bits per heavy atom. The number of nitrogens with zero attached hydrogens (tertiary/aromatic N) is 2. The quantitative estimate of drug-likeness (QED) is 0.629. The van der Waals surface area contributed by atoms with E-state index in [1.165, 1.54) is 11.1 Å². The highest BCUT2D eigenvalue weighted by molar-refractivity contribution is 5.80. The van der Waals surface area contributed by atoms with Gasteiger partial charge >= 0.3 is 0 Å². The molecule has 1 saturated heterocycles. The first kappa shape index (κ1) is 19.1. The van der Waals surface area contributed by atoms with Crippen LogP contribution < -0.4 is 14.8 Å². The maximum Gasteiger partial charge on any atom is 0.193 e. The van der Waals surface area contributed by atoms with Gasteiger partial charge in [0.1, 0.15) is 11.5 Å². The molecule has 0 spiro atoms. The molecule has 0 bridgehead atoms. The molecule has 0 aliphatic carbocycles. The highest BCUT2D eigenvalue weighted by atomic mass is 16.5. The molecule has 5 heteroatoms. The van der Waals surface area contributed by atoms with Gasteiger partial charge in [0.05, 0.1) is 14.2 Å². The zero-order valence-electron chi connectivity index (χ0n) is 16.4. The largest absolute Gasteiger partial charge is 0.497 e. The van der Waals surface area contributed by atoms with E-state index in [0.29, 0.717) is 5.92 Å². The van der Waals surface area contributed by atoms with Crippen molar-refractivity contribution in [1.29, 1.82) is 0 Å². The van der Waals surface area contributed by atoms with Crippen LogP contribution in [0.3, 0.4) is 0 Å². The number of para-hydroxylation sites is 1. The van der Waals surface area contributed by atoms with Crippen LogP contribution in [-0.2, 0) is 6.42 Å². The number of benzene rings is 2. The van der Waals surface area contributed by atoms with Gasteiger partial charge in [0.25, 0.3) is 0 Å². The molecular weight excluding hydrogens is 338 g/mol. The number of hydrogen-bond acceptors (Lipinski definition) is 3. The van der Waals surface area contributed by atoms with Crippen LogP contribution >= 0.6 is 0 Å². The van der Waals surface area contributed by atoms with E-state index in [9.17, 15) is 0 Å². The van der Waals surface area contributed by atoms with Gasteiger partial charge in [-0.2, -0.15) is 0 Å². The lowest BCUT2D eigenvalue weighted by atomic mass is 9.98. The van der Waals surface area contributed by atoms with Crippen LogP contribution in [0.5, 0.6) is 11.5 Å². The summed E-state index contributed by atoms with van der Waals surface area (Å²) in [5.74, 6) is 3.35. The molecule has 1 heterocycles. The highest BCUT2D eigenvalue weighted by Gasteiger charge is 2.26. The molecule has 0 aromatic heterocycles. The van der Waals surface area contributed by atoms with Crippen molar-refractivity contribution in [3.63, 3.8) is 0 Å². The van der Waals surface area contributed by atoms with Crippen LogP contribution in [0.15, 0.2) is 53.5 Å². The Kier molecular flexibility index (Phi) is 6.58. The van der Waals surface area contributed by atoms with Crippen molar-refractivity contribution in [3.8, 4) is 11.5 Å². The Morgan fingerprint density at radius 3 is 2.59 bits per heavy atom. The second-order valence-electron chi connectivity index (χ2n) is 6.74. The SMILES string of the molecule is CN=C(NCCc1ccccc1OC)N1CCC(c2ccc(OC)cc2)C1. The van der Waals surface area contributed by atoms with E-state index in [1.54, 1.807) is 14.2 Å². The van der Waals surface area contributed by atoms with Gasteiger partial charge in [0.15, 0.2) is 5.96 Å². The Hall–Kier alpha value is -2.69. The van der Waals surface area contributed by atoms with Gasteiger partial charge in [0, 0.05) is 32.6 Å². The van der Waals surface area contributed by atoms with Crippen LogP contribution in [0.25, 0.3) is 0 Å². The lowest BCUT2D eigenvalue weighted by Crippen LogP contribution is -2.40. The van der Waals surface area contributed by atoms with Crippen LogP contribution in [0.2, 0.25) is 0 Å². The molecule has 0 amide bonds. The van der Waals surface area contributed by atoms with Crippen molar-refractivity contribution in [3.05, 3.63) is 59.7 Å². The molecule has 1 N–H and O–H groups in total. The molecule has 1 aliphatic rings. The molecule has 3 rings (SSSR count). The maximum atomic E-state index is 5.43. The fraction of sp³-hybridized carbons (Fsp3) is 0.409. The van der Waals surface area contributed by atoms with Crippen molar-refractivity contribution < 1.29 is 9.47 Å². The third-order valence-corrected chi connectivity index (χ3v) is 5.16. The molecule has 5 nitrogen and oxygen atoms in total. The molecule has 0 saturated carbocycles. The lowest BCUT2D eigenvalue weighted by molar-refractivity contribution is 0.409. The molecule has 27 heavy (non-hydrogen) atoms. The number of likely N-dealkylation sites (tertiary alicyclic amines) is 1. The molecule has 1 fully saturated rings. The van der Waals surface area contributed by atoms with E-state index >= 15 is 0 Å². The lowest BCUT2D eigenvalue weighted by Gasteiger charge is -2.22. The summed E-state index contributed by atoms with van der Waals surface area (Å²) in [5, 5.41) is 3.50. The van der Waals surface area contributed by atoms with Gasteiger partial charge in [-0.1, -0.05) is 30.3 Å².